The lowest BCUT2D eigenvalue weighted by Gasteiger charge is -2.33. The molecule has 9 heteroatoms. The highest BCUT2D eigenvalue weighted by molar-refractivity contribution is 8.03. The summed E-state index contributed by atoms with van der Waals surface area (Å²) in [5.41, 5.74) is 2.90. The van der Waals surface area contributed by atoms with Gasteiger partial charge in [-0.05, 0) is 31.2 Å². The number of methoxy groups -OCH3 is 2. The summed E-state index contributed by atoms with van der Waals surface area (Å²) in [5.74, 6) is 1.83. The molecule has 0 aromatic heterocycles. The number of likely N-dealkylation sites (N-methyl/N-ethyl adjacent to an activating group) is 1. The van der Waals surface area contributed by atoms with E-state index in [9.17, 15) is 10.4 Å². The Morgan fingerprint density at radius 1 is 1.23 bits per heavy atom. The smallest absolute Gasteiger partial charge is 0.161 e. The van der Waals surface area contributed by atoms with E-state index >= 15 is 0 Å². The first kappa shape index (κ1) is 24.6. The summed E-state index contributed by atoms with van der Waals surface area (Å²) in [7, 11) is 5.35. The quantitative estimate of drug-likeness (QED) is 0.604. The standard InChI is InChI=1S/C21H30N4O3S.ClH/c1-24-6-8-25(9-7-24)13-16(26)14-29-20(12-22)21-17-11-19(28-3)18(27-2)10-15(17)4-5-23-21;/h10-11,16,23,26H,4-9,13-14H2,1-3H3;1H. The van der Waals surface area contributed by atoms with Crippen LogP contribution >= 0.6 is 24.2 Å². The molecule has 0 bridgehead atoms. The molecule has 0 aliphatic carbocycles. The number of nitrogens with zero attached hydrogens (tertiary/aromatic N) is 3. The van der Waals surface area contributed by atoms with E-state index in [1.54, 1.807) is 14.2 Å². The molecule has 0 amide bonds. The molecule has 0 spiro atoms. The molecule has 1 unspecified atom stereocenters. The van der Waals surface area contributed by atoms with Crippen molar-refractivity contribution in [3.63, 3.8) is 0 Å². The number of hydrogen-bond donors (Lipinski definition) is 2. The van der Waals surface area contributed by atoms with Crippen LogP contribution in [0.1, 0.15) is 11.1 Å². The fourth-order valence-electron chi connectivity index (χ4n) is 3.70. The zero-order valence-corrected chi connectivity index (χ0v) is 19.4. The highest BCUT2D eigenvalue weighted by atomic mass is 35.5. The maximum Gasteiger partial charge on any atom is 0.161 e. The van der Waals surface area contributed by atoms with Crippen molar-refractivity contribution in [1.29, 1.82) is 5.26 Å². The minimum Gasteiger partial charge on any atom is -0.493 e. The van der Waals surface area contributed by atoms with Gasteiger partial charge in [-0.15, -0.1) is 24.2 Å². The summed E-state index contributed by atoms with van der Waals surface area (Å²) in [5, 5.41) is 23.6. The first-order valence-corrected chi connectivity index (χ1v) is 10.9. The van der Waals surface area contributed by atoms with Crippen molar-refractivity contribution in [1.82, 2.24) is 15.1 Å². The van der Waals surface area contributed by atoms with E-state index in [1.165, 1.54) is 11.8 Å². The van der Waals surface area contributed by atoms with Gasteiger partial charge >= 0.3 is 0 Å². The van der Waals surface area contributed by atoms with Gasteiger partial charge in [-0.2, -0.15) is 5.26 Å². The molecule has 1 aromatic rings. The van der Waals surface area contributed by atoms with Crippen molar-refractivity contribution >= 4 is 29.9 Å². The maximum absolute atomic E-state index is 10.5. The molecule has 30 heavy (non-hydrogen) atoms. The van der Waals surface area contributed by atoms with Crippen LogP contribution in [0.2, 0.25) is 0 Å². The highest BCUT2D eigenvalue weighted by Gasteiger charge is 2.23. The van der Waals surface area contributed by atoms with E-state index in [0.717, 1.165) is 56.0 Å². The second kappa shape index (κ2) is 11.7. The Labute approximate surface area is 189 Å². The fourth-order valence-corrected chi connectivity index (χ4v) is 4.56. The van der Waals surface area contributed by atoms with Crippen molar-refractivity contribution in [2.45, 2.75) is 12.5 Å². The zero-order chi connectivity index (χ0) is 20.8. The number of piperazine rings is 1. The van der Waals surface area contributed by atoms with Crippen LogP contribution in [-0.2, 0) is 6.42 Å². The van der Waals surface area contributed by atoms with Gasteiger partial charge < -0.3 is 24.8 Å². The average Bonchev–Trinajstić information content (AvgIpc) is 2.74. The van der Waals surface area contributed by atoms with Gasteiger partial charge in [-0.1, -0.05) is 0 Å². The van der Waals surface area contributed by atoms with Gasteiger partial charge in [0.1, 0.15) is 11.0 Å². The zero-order valence-electron chi connectivity index (χ0n) is 17.8. The number of benzene rings is 1. The minimum atomic E-state index is -0.471. The fraction of sp³-hybridized carbons (Fsp3) is 0.571. The van der Waals surface area contributed by atoms with Gasteiger partial charge in [0.25, 0.3) is 0 Å². The molecule has 0 radical (unpaired) electrons. The number of allylic oxidation sites excluding steroid dienone is 1. The molecule has 2 aliphatic heterocycles. The van der Waals surface area contributed by atoms with Crippen LogP contribution < -0.4 is 14.8 Å². The number of ether oxygens (including phenoxy) is 2. The molecule has 166 valence electrons. The number of nitriles is 1. The predicted molar refractivity (Wildman–Crippen MR) is 123 cm³/mol. The highest BCUT2D eigenvalue weighted by Crippen LogP contribution is 2.37. The number of rotatable bonds is 7. The monoisotopic (exact) mass is 454 g/mol. The number of nitrogens with one attached hydrogen (secondary N) is 1. The minimum absolute atomic E-state index is 0. The lowest BCUT2D eigenvalue weighted by molar-refractivity contribution is 0.0921. The molecular formula is C21H31ClN4O3S. The molecule has 1 saturated heterocycles. The van der Waals surface area contributed by atoms with E-state index in [-0.39, 0.29) is 12.4 Å². The van der Waals surface area contributed by atoms with Crippen molar-refractivity contribution in [2.24, 2.45) is 0 Å². The van der Waals surface area contributed by atoms with E-state index in [0.29, 0.717) is 28.7 Å². The van der Waals surface area contributed by atoms with Crippen LogP contribution in [0.25, 0.3) is 5.70 Å². The molecule has 0 saturated carbocycles. The van der Waals surface area contributed by atoms with E-state index < -0.39 is 6.10 Å². The third-order valence-corrected chi connectivity index (χ3v) is 6.52. The van der Waals surface area contributed by atoms with Crippen molar-refractivity contribution in [2.75, 3.05) is 66.3 Å². The Balaban J connectivity index is 0.00000320. The van der Waals surface area contributed by atoms with Gasteiger partial charge in [-0.3, -0.25) is 4.90 Å². The Kier molecular flexibility index (Phi) is 9.59. The van der Waals surface area contributed by atoms with Gasteiger partial charge in [0.15, 0.2) is 11.5 Å². The second-order valence-electron chi connectivity index (χ2n) is 7.43. The third-order valence-electron chi connectivity index (χ3n) is 5.39. The Morgan fingerprint density at radius 3 is 2.53 bits per heavy atom. The largest absolute Gasteiger partial charge is 0.493 e. The summed E-state index contributed by atoms with van der Waals surface area (Å²) in [4.78, 5) is 5.18. The number of hydrogen-bond acceptors (Lipinski definition) is 8. The molecule has 7 nitrogen and oxygen atoms in total. The summed E-state index contributed by atoms with van der Waals surface area (Å²) in [6.07, 6.45) is 0.384. The Hall–Kier alpha value is -1.63. The molecule has 1 fully saturated rings. The number of aliphatic hydroxyl groups excluding tert-OH is 1. The summed E-state index contributed by atoms with van der Waals surface area (Å²) < 4.78 is 10.9. The van der Waals surface area contributed by atoms with Crippen LogP contribution in [0.5, 0.6) is 11.5 Å². The number of fused-ring (bicyclic) bond motifs is 1. The third kappa shape index (κ3) is 5.96. The molecule has 2 heterocycles. The average molecular weight is 455 g/mol. The molecular weight excluding hydrogens is 424 g/mol. The van der Waals surface area contributed by atoms with Gasteiger partial charge in [0.05, 0.1) is 26.0 Å². The van der Waals surface area contributed by atoms with Crippen molar-refractivity contribution in [3.8, 4) is 17.6 Å². The van der Waals surface area contributed by atoms with Crippen LogP contribution in [0, 0.1) is 11.3 Å². The first-order valence-electron chi connectivity index (χ1n) is 9.91. The van der Waals surface area contributed by atoms with Gasteiger partial charge in [0.2, 0.25) is 0 Å². The van der Waals surface area contributed by atoms with E-state index in [1.807, 2.05) is 12.1 Å². The lowest BCUT2D eigenvalue weighted by Crippen LogP contribution is -2.47. The summed E-state index contributed by atoms with van der Waals surface area (Å²) in [6.45, 7) is 5.40. The Morgan fingerprint density at radius 2 is 1.90 bits per heavy atom. The lowest BCUT2D eigenvalue weighted by atomic mass is 9.97. The normalized spacial score (nSPS) is 19.6. The number of aliphatic hydroxyl groups is 1. The molecule has 1 aromatic carbocycles. The van der Waals surface area contributed by atoms with Gasteiger partial charge in [0, 0.05) is 50.6 Å². The first-order chi connectivity index (χ1) is 14.0. The number of thioether (sulfide) groups is 1. The topological polar surface area (TPSA) is 81.0 Å². The van der Waals surface area contributed by atoms with E-state index in [4.69, 9.17) is 9.47 Å². The maximum atomic E-state index is 10.5. The van der Waals surface area contributed by atoms with Crippen LogP contribution in [0.15, 0.2) is 17.0 Å². The number of halogens is 1. The molecule has 3 rings (SSSR count). The van der Waals surface area contributed by atoms with Gasteiger partial charge in [-0.25, -0.2) is 0 Å². The van der Waals surface area contributed by atoms with Crippen LogP contribution in [0.3, 0.4) is 0 Å². The number of β-amino-alcohol motifs (C(OH)–C–C–N with tert-alkyl or cyclic N) is 1. The molecule has 2 aliphatic rings. The van der Waals surface area contributed by atoms with E-state index in [2.05, 4.69) is 28.2 Å². The summed E-state index contributed by atoms with van der Waals surface area (Å²) in [6, 6.07) is 6.23. The SMILES string of the molecule is COc1cc2c(cc1OC)C(=C(C#N)SCC(O)CN1CCN(C)CC1)NCC2.Cl. The van der Waals surface area contributed by atoms with Crippen molar-refractivity contribution in [3.05, 3.63) is 28.2 Å². The van der Waals surface area contributed by atoms with Crippen LogP contribution in [0.4, 0.5) is 0 Å². The summed E-state index contributed by atoms with van der Waals surface area (Å²) >= 11 is 1.41. The molecule has 1 atom stereocenters. The van der Waals surface area contributed by atoms with Crippen LogP contribution in [-0.4, -0.2) is 87.3 Å². The second-order valence-corrected chi connectivity index (χ2v) is 8.46. The Bertz CT molecular complexity index is 791. The molecule has 2 N–H and O–H groups in total. The predicted octanol–water partition coefficient (Wildman–Crippen LogP) is 1.80. The van der Waals surface area contributed by atoms with Crippen molar-refractivity contribution < 1.29 is 14.6 Å².